The van der Waals surface area contributed by atoms with Crippen LogP contribution in [0.15, 0.2) is 24.3 Å². The van der Waals surface area contributed by atoms with Gasteiger partial charge < -0.3 is 14.7 Å². The third-order valence-electron chi connectivity index (χ3n) is 2.08. The number of methoxy groups -OCH3 is 1. The molecule has 0 bridgehead atoms. The highest BCUT2D eigenvalue weighted by Crippen LogP contribution is 2.14. The van der Waals surface area contributed by atoms with Crippen LogP contribution in [0, 0.1) is 0 Å². The molecule has 1 rings (SSSR count). The molecule has 18 heavy (non-hydrogen) atoms. The van der Waals surface area contributed by atoms with Gasteiger partial charge in [-0.05, 0) is 24.1 Å². The molecule has 0 fully saturated rings. The van der Waals surface area contributed by atoms with Crippen molar-refractivity contribution in [2.24, 2.45) is 5.73 Å². The van der Waals surface area contributed by atoms with Crippen LogP contribution < -0.4 is 9.92 Å². The maximum atomic E-state index is 11.1. The summed E-state index contributed by atoms with van der Waals surface area (Å²) in [6.45, 7) is 0. The minimum atomic E-state index is -4.53. The summed E-state index contributed by atoms with van der Waals surface area (Å²) in [5.74, 6) is -0.568. The molecule has 0 aromatic heterocycles. The van der Waals surface area contributed by atoms with Crippen molar-refractivity contribution in [2.45, 2.75) is 12.5 Å². The Morgan fingerprint density at radius 3 is 2.39 bits per heavy atom. The van der Waals surface area contributed by atoms with Gasteiger partial charge in [-0.25, -0.2) is 0 Å². The van der Waals surface area contributed by atoms with Crippen LogP contribution in [-0.2, 0) is 26.4 Å². The highest BCUT2D eigenvalue weighted by atomic mass is 32.3. The molecule has 3 N–H and O–H groups in total. The summed E-state index contributed by atoms with van der Waals surface area (Å²) in [7, 11) is -3.29. The number of carbonyl (C=O) groups excluding carboxylic acids is 1. The highest BCUT2D eigenvalue weighted by molar-refractivity contribution is 7.81. The number of ether oxygens (including phenoxy) is 1. The van der Waals surface area contributed by atoms with E-state index in [-0.39, 0.29) is 12.2 Å². The molecule has 1 aromatic rings. The summed E-state index contributed by atoms with van der Waals surface area (Å²) < 4.78 is 38.1. The fourth-order valence-corrected chi connectivity index (χ4v) is 1.65. The van der Waals surface area contributed by atoms with E-state index >= 15 is 0 Å². The molecule has 100 valence electrons. The number of hydrogen-bond donors (Lipinski definition) is 2. The number of hydrogen-bond acceptors (Lipinski definition) is 6. The van der Waals surface area contributed by atoms with E-state index in [0.29, 0.717) is 5.56 Å². The zero-order valence-electron chi connectivity index (χ0n) is 9.57. The minimum Gasteiger partial charge on any atom is -0.468 e. The summed E-state index contributed by atoms with van der Waals surface area (Å²) in [5, 5.41) is 0. The van der Waals surface area contributed by atoms with Gasteiger partial charge in [-0.15, -0.1) is 0 Å². The van der Waals surface area contributed by atoms with E-state index in [1.54, 1.807) is 0 Å². The van der Waals surface area contributed by atoms with Crippen LogP contribution in [0.5, 0.6) is 5.75 Å². The Hall–Kier alpha value is -1.64. The molecule has 0 radical (unpaired) electrons. The third-order valence-corrected chi connectivity index (χ3v) is 2.49. The van der Waals surface area contributed by atoms with Gasteiger partial charge in [0.05, 0.1) is 7.11 Å². The SMILES string of the molecule is COC(=O)C(N)Cc1ccc(OS(=O)(=O)O)cc1. The third kappa shape index (κ3) is 4.70. The molecule has 0 saturated heterocycles. The highest BCUT2D eigenvalue weighted by Gasteiger charge is 2.14. The van der Waals surface area contributed by atoms with Gasteiger partial charge in [-0.1, -0.05) is 12.1 Å². The first-order valence-electron chi connectivity index (χ1n) is 4.91. The molecule has 1 atom stereocenters. The monoisotopic (exact) mass is 275 g/mol. The maximum absolute atomic E-state index is 11.1. The van der Waals surface area contributed by atoms with Gasteiger partial charge >= 0.3 is 16.4 Å². The molecule has 7 nitrogen and oxygen atoms in total. The van der Waals surface area contributed by atoms with Crippen molar-refractivity contribution in [3.05, 3.63) is 29.8 Å². The second kappa shape index (κ2) is 5.80. The van der Waals surface area contributed by atoms with Crippen LogP contribution in [0.1, 0.15) is 5.56 Å². The van der Waals surface area contributed by atoms with Crippen molar-refractivity contribution < 1.29 is 26.7 Å². The predicted octanol–water partition coefficient (Wildman–Crippen LogP) is -0.0890. The largest absolute Gasteiger partial charge is 0.468 e. The fourth-order valence-electron chi connectivity index (χ4n) is 1.29. The van der Waals surface area contributed by atoms with E-state index in [2.05, 4.69) is 8.92 Å². The average molecular weight is 275 g/mol. The lowest BCUT2D eigenvalue weighted by molar-refractivity contribution is -0.142. The molecule has 0 amide bonds. The van der Waals surface area contributed by atoms with Gasteiger partial charge in [-0.2, -0.15) is 8.42 Å². The van der Waals surface area contributed by atoms with Gasteiger partial charge in [0, 0.05) is 0 Å². The number of benzene rings is 1. The first kappa shape index (κ1) is 14.4. The molecule has 0 spiro atoms. The van der Waals surface area contributed by atoms with Gasteiger partial charge in [0.15, 0.2) is 0 Å². The quantitative estimate of drug-likeness (QED) is 0.569. The van der Waals surface area contributed by atoms with E-state index in [1.165, 1.54) is 31.4 Å². The first-order chi connectivity index (χ1) is 8.31. The van der Waals surface area contributed by atoms with Crippen LogP contribution in [0.4, 0.5) is 0 Å². The molecule has 1 aromatic carbocycles. The lowest BCUT2D eigenvalue weighted by Crippen LogP contribution is -2.33. The summed E-state index contributed by atoms with van der Waals surface area (Å²) in [5.41, 5.74) is 6.26. The zero-order valence-corrected chi connectivity index (χ0v) is 10.4. The Morgan fingerprint density at radius 1 is 1.39 bits per heavy atom. The smallest absolute Gasteiger partial charge is 0.446 e. The number of nitrogens with two attached hydrogens (primary N) is 1. The molecular formula is C10H13NO6S. The van der Waals surface area contributed by atoms with Crippen molar-refractivity contribution in [1.82, 2.24) is 0 Å². The number of carbonyl (C=O) groups is 1. The van der Waals surface area contributed by atoms with E-state index in [9.17, 15) is 13.2 Å². The van der Waals surface area contributed by atoms with Crippen molar-refractivity contribution in [3.8, 4) is 5.75 Å². The zero-order chi connectivity index (χ0) is 13.8. The Balaban J connectivity index is 2.69. The number of esters is 1. The molecule has 1 unspecified atom stereocenters. The molecule has 0 aliphatic carbocycles. The van der Waals surface area contributed by atoms with Crippen LogP contribution in [0.2, 0.25) is 0 Å². The summed E-state index contributed by atoms with van der Waals surface area (Å²) in [6.07, 6.45) is 0.249. The molecular weight excluding hydrogens is 262 g/mol. The average Bonchev–Trinajstić information content (AvgIpc) is 2.28. The topological polar surface area (TPSA) is 116 Å². The summed E-state index contributed by atoms with van der Waals surface area (Å²) >= 11 is 0. The predicted molar refractivity (Wildman–Crippen MR) is 62.3 cm³/mol. The Morgan fingerprint density at radius 2 is 1.94 bits per heavy atom. The van der Waals surface area contributed by atoms with E-state index in [1.807, 2.05) is 0 Å². The Bertz CT molecular complexity index is 510. The first-order valence-corrected chi connectivity index (χ1v) is 6.27. The molecule has 0 aliphatic heterocycles. The van der Waals surface area contributed by atoms with Crippen LogP contribution >= 0.6 is 0 Å². The number of rotatable bonds is 5. The lowest BCUT2D eigenvalue weighted by atomic mass is 10.1. The van der Waals surface area contributed by atoms with Gasteiger partial charge in [-0.3, -0.25) is 9.35 Å². The molecule has 8 heteroatoms. The second-order valence-corrected chi connectivity index (χ2v) is 4.51. The minimum absolute atomic E-state index is 0.0344. The van der Waals surface area contributed by atoms with E-state index in [0.717, 1.165) is 0 Å². The van der Waals surface area contributed by atoms with Crippen molar-refractivity contribution in [1.29, 1.82) is 0 Å². The summed E-state index contributed by atoms with van der Waals surface area (Å²) in [4.78, 5) is 11.1. The normalized spacial score (nSPS) is 12.8. The van der Waals surface area contributed by atoms with E-state index < -0.39 is 22.4 Å². The van der Waals surface area contributed by atoms with Crippen LogP contribution in [-0.4, -0.2) is 32.1 Å². The van der Waals surface area contributed by atoms with Crippen molar-refractivity contribution >= 4 is 16.4 Å². The molecule has 0 heterocycles. The van der Waals surface area contributed by atoms with Crippen molar-refractivity contribution in [3.63, 3.8) is 0 Å². The van der Waals surface area contributed by atoms with Gasteiger partial charge in [0.2, 0.25) is 0 Å². The fraction of sp³-hybridized carbons (Fsp3) is 0.300. The molecule has 0 aliphatic rings. The van der Waals surface area contributed by atoms with Crippen LogP contribution in [0.3, 0.4) is 0 Å². The Kier molecular flexibility index (Phi) is 4.65. The lowest BCUT2D eigenvalue weighted by Gasteiger charge is -2.09. The van der Waals surface area contributed by atoms with Gasteiger partial charge in [0.25, 0.3) is 0 Å². The van der Waals surface area contributed by atoms with E-state index in [4.69, 9.17) is 10.3 Å². The molecule has 0 saturated carbocycles. The van der Waals surface area contributed by atoms with Crippen molar-refractivity contribution in [2.75, 3.05) is 7.11 Å². The van der Waals surface area contributed by atoms with Crippen LogP contribution in [0.25, 0.3) is 0 Å². The van der Waals surface area contributed by atoms with Gasteiger partial charge in [0.1, 0.15) is 11.8 Å². The standard InChI is InChI=1S/C10H13NO6S/c1-16-10(12)9(11)6-7-2-4-8(5-3-7)17-18(13,14)15/h2-5,9H,6,11H2,1H3,(H,13,14,15). The Labute approximate surface area is 104 Å². The summed E-state index contributed by atoms with van der Waals surface area (Å²) in [6, 6.07) is 4.95. The second-order valence-electron chi connectivity index (χ2n) is 3.49. The maximum Gasteiger partial charge on any atom is 0.446 e.